The highest BCUT2D eigenvalue weighted by Crippen LogP contribution is 2.29. The van der Waals surface area contributed by atoms with Gasteiger partial charge in [0.2, 0.25) is 0 Å². The third-order valence-corrected chi connectivity index (χ3v) is 5.99. The summed E-state index contributed by atoms with van der Waals surface area (Å²) in [5, 5.41) is 19.5. The van der Waals surface area contributed by atoms with Gasteiger partial charge in [-0.1, -0.05) is 11.6 Å². The van der Waals surface area contributed by atoms with E-state index >= 15 is 0 Å². The lowest BCUT2D eigenvalue weighted by Gasteiger charge is -2.15. The van der Waals surface area contributed by atoms with Crippen LogP contribution in [0.1, 0.15) is 44.9 Å². The number of nitrogens with one attached hydrogen (secondary N) is 2. The van der Waals surface area contributed by atoms with Gasteiger partial charge >= 0.3 is 6.18 Å². The molecule has 0 saturated heterocycles. The van der Waals surface area contributed by atoms with Gasteiger partial charge in [0.15, 0.2) is 5.82 Å². The van der Waals surface area contributed by atoms with Crippen molar-refractivity contribution in [2.45, 2.75) is 26.6 Å². The maximum absolute atomic E-state index is 13.5. The molecule has 0 spiro atoms. The first-order valence-electron chi connectivity index (χ1n) is 10.9. The highest BCUT2D eigenvalue weighted by Gasteiger charge is 2.38. The van der Waals surface area contributed by atoms with Gasteiger partial charge in [-0.2, -0.15) is 18.3 Å². The Balaban J connectivity index is 1.77. The minimum atomic E-state index is -4.79. The number of tetrazole rings is 1. The van der Waals surface area contributed by atoms with E-state index < -0.39 is 30.4 Å². The van der Waals surface area contributed by atoms with Crippen LogP contribution in [0.25, 0.3) is 5.82 Å². The molecule has 2 N–H and O–H groups in total. The van der Waals surface area contributed by atoms with Crippen LogP contribution in [0.4, 0.5) is 18.9 Å². The molecule has 1 aromatic carbocycles. The molecule has 38 heavy (non-hydrogen) atoms. The summed E-state index contributed by atoms with van der Waals surface area (Å²) in [4.78, 5) is 30.4. The summed E-state index contributed by atoms with van der Waals surface area (Å²) < 4.78 is 42.0. The van der Waals surface area contributed by atoms with Crippen LogP contribution in [0, 0.1) is 6.92 Å². The average Bonchev–Trinajstić information content (AvgIpc) is 3.48. The maximum atomic E-state index is 13.5. The minimum absolute atomic E-state index is 0.0438. The van der Waals surface area contributed by atoms with Crippen molar-refractivity contribution in [2.24, 2.45) is 0 Å². The zero-order valence-corrected chi connectivity index (χ0v) is 22.1. The van der Waals surface area contributed by atoms with E-state index in [1.807, 2.05) is 0 Å². The number of hydrogen-bond acceptors (Lipinski definition) is 7. The van der Waals surface area contributed by atoms with E-state index in [4.69, 9.17) is 11.6 Å². The molecule has 0 radical (unpaired) electrons. The largest absolute Gasteiger partial charge is 0.453 e. The van der Waals surface area contributed by atoms with E-state index in [1.54, 1.807) is 32.0 Å². The van der Waals surface area contributed by atoms with E-state index in [2.05, 4.69) is 52.2 Å². The van der Waals surface area contributed by atoms with Crippen LogP contribution in [0.3, 0.4) is 0 Å². The maximum Gasteiger partial charge on any atom is 0.453 e. The predicted molar refractivity (Wildman–Crippen MR) is 133 cm³/mol. The molecule has 11 nitrogen and oxygen atoms in total. The normalized spacial score (nSPS) is 11.4. The van der Waals surface area contributed by atoms with E-state index in [1.165, 1.54) is 23.0 Å². The Bertz CT molecular complexity index is 1520. The molecule has 0 unspecified atom stereocenters. The number of carbonyl (C=O) groups excluding carboxylic acids is 2. The second-order valence-corrected chi connectivity index (χ2v) is 9.15. The number of carbonyl (C=O) groups is 2. The van der Waals surface area contributed by atoms with Crippen molar-refractivity contribution in [1.29, 1.82) is 0 Å². The molecule has 3 heterocycles. The molecule has 16 heteroatoms. The number of anilines is 1. The number of aryl methyl sites for hydroxylation is 1. The molecule has 4 aromatic rings. The van der Waals surface area contributed by atoms with Crippen molar-refractivity contribution in [3.63, 3.8) is 0 Å². The van der Waals surface area contributed by atoms with Gasteiger partial charge < -0.3 is 10.6 Å². The predicted octanol–water partition coefficient (Wildman–Crippen LogP) is 4.05. The van der Waals surface area contributed by atoms with E-state index in [-0.39, 0.29) is 28.5 Å². The van der Waals surface area contributed by atoms with Gasteiger partial charge in [0.05, 0.1) is 28.0 Å². The molecule has 2 amide bonds. The summed E-state index contributed by atoms with van der Waals surface area (Å²) in [5.41, 5.74) is 0.832. The van der Waals surface area contributed by atoms with Crippen LogP contribution in [-0.4, -0.2) is 53.3 Å². The molecular formula is C22H18BrClF3N9O2. The molecular weight excluding hydrogens is 595 g/mol. The highest BCUT2D eigenvalue weighted by molar-refractivity contribution is 9.10. The highest BCUT2D eigenvalue weighted by atomic mass is 79.9. The van der Waals surface area contributed by atoms with Crippen LogP contribution in [-0.2, 0) is 12.7 Å². The van der Waals surface area contributed by atoms with Gasteiger partial charge in [-0.05, 0) is 76.1 Å². The van der Waals surface area contributed by atoms with Crippen molar-refractivity contribution in [1.82, 2.24) is 40.3 Å². The molecule has 3 aromatic heterocycles. The summed E-state index contributed by atoms with van der Waals surface area (Å²) >= 11 is 9.49. The number of amides is 2. The van der Waals surface area contributed by atoms with Gasteiger partial charge in [-0.25, -0.2) is 14.3 Å². The third-order valence-electron chi connectivity index (χ3n) is 5.15. The number of benzene rings is 1. The zero-order valence-electron chi connectivity index (χ0n) is 19.7. The Morgan fingerprint density at radius 1 is 1.18 bits per heavy atom. The molecule has 0 aliphatic carbocycles. The van der Waals surface area contributed by atoms with Crippen molar-refractivity contribution < 1.29 is 22.8 Å². The van der Waals surface area contributed by atoms with E-state index in [9.17, 15) is 22.8 Å². The summed E-state index contributed by atoms with van der Waals surface area (Å²) in [6, 6.07) is 7.59. The van der Waals surface area contributed by atoms with E-state index in [0.717, 1.165) is 0 Å². The van der Waals surface area contributed by atoms with Crippen molar-refractivity contribution in [3.8, 4) is 5.82 Å². The molecule has 198 valence electrons. The van der Waals surface area contributed by atoms with Crippen LogP contribution < -0.4 is 10.6 Å². The molecule has 0 bridgehead atoms. The minimum Gasteiger partial charge on any atom is -0.352 e. The first-order chi connectivity index (χ1) is 18.0. The summed E-state index contributed by atoms with van der Waals surface area (Å²) in [6.45, 7) is 3.27. The average molecular weight is 613 g/mol. The van der Waals surface area contributed by atoms with Crippen molar-refractivity contribution in [2.75, 3.05) is 11.9 Å². The number of halogens is 5. The van der Waals surface area contributed by atoms with E-state index in [0.29, 0.717) is 26.3 Å². The van der Waals surface area contributed by atoms with Crippen LogP contribution in [0.2, 0.25) is 5.02 Å². The molecule has 0 aliphatic heterocycles. The van der Waals surface area contributed by atoms with Gasteiger partial charge in [0, 0.05) is 17.8 Å². The number of rotatable bonds is 7. The summed E-state index contributed by atoms with van der Waals surface area (Å²) in [6.07, 6.45) is -3.33. The number of alkyl halides is 3. The lowest BCUT2D eigenvalue weighted by Crippen LogP contribution is -2.26. The van der Waals surface area contributed by atoms with Gasteiger partial charge in [0.25, 0.3) is 17.6 Å². The topological polar surface area (TPSA) is 133 Å². The Morgan fingerprint density at radius 2 is 1.95 bits per heavy atom. The van der Waals surface area contributed by atoms with Crippen LogP contribution in [0.5, 0.6) is 0 Å². The van der Waals surface area contributed by atoms with Crippen molar-refractivity contribution in [3.05, 3.63) is 74.4 Å². The molecule has 0 saturated carbocycles. The fourth-order valence-corrected chi connectivity index (χ4v) is 4.25. The second-order valence-electron chi connectivity index (χ2n) is 7.86. The van der Waals surface area contributed by atoms with Crippen LogP contribution in [0.15, 0.2) is 41.0 Å². The number of pyridine rings is 1. The Kier molecular flexibility index (Phi) is 7.78. The first kappa shape index (κ1) is 27.2. The summed E-state index contributed by atoms with van der Waals surface area (Å²) in [5.74, 6) is -2.27. The fraction of sp³-hybridized carbons (Fsp3) is 0.227. The summed E-state index contributed by atoms with van der Waals surface area (Å²) in [7, 11) is 0. The second kappa shape index (κ2) is 10.9. The smallest absolute Gasteiger partial charge is 0.352 e. The van der Waals surface area contributed by atoms with Crippen LogP contribution >= 0.6 is 27.5 Å². The molecule has 0 atom stereocenters. The standard InChI is InChI=1S/C22H18BrClF3N9O2/c1-3-28-19(37)14-8-12(24)7-11(2)17(14)30-20(38)16-9-13(10-35-21(22(25,26)27)31-33-34-35)32-36(16)18-15(23)5-4-6-29-18/h4-9H,3,10H2,1-2H3,(H,28,37)(H,30,38). The zero-order chi connectivity index (χ0) is 27.6. The molecule has 0 fully saturated rings. The van der Waals surface area contributed by atoms with Crippen molar-refractivity contribution >= 4 is 45.0 Å². The Morgan fingerprint density at radius 3 is 2.63 bits per heavy atom. The quantitative estimate of drug-likeness (QED) is 0.322. The number of hydrogen-bond donors (Lipinski definition) is 2. The number of nitrogens with zero attached hydrogens (tertiary/aromatic N) is 7. The molecule has 4 rings (SSSR count). The van der Waals surface area contributed by atoms with Gasteiger partial charge in [0.1, 0.15) is 5.69 Å². The Hall–Kier alpha value is -3.85. The lowest BCUT2D eigenvalue weighted by molar-refractivity contribution is -0.147. The third kappa shape index (κ3) is 5.67. The Labute approximate surface area is 226 Å². The van der Waals surface area contributed by atoms with Gasteiger partial charge in [-0.15, -0.1) is 5.10 Å². The lowest BCUT2D eigenvalue weighted by atomic mass is 10.1. The number of aromatic nitrogens is 7. The fourth-order valence-electron chi connectivity index (χ4n) is 3.55. The molecule has 0 aliphatic rings. The van der Waals surface area contributed by atoms with Gasteiger partial charge in [-0.3, -0.25) is 9.59 Å². The SMILES string of the molecule is CCNC(=O)c1cc(Cl)cc(C)c1NC(=O)c1cc(Cn2nnnc2C(F)(F)F)nn1-c1ncccc1Br. The monoisotopic (exact) mass is 611 g/mol. The first-order valence-corrected chi connectivity index (χ1v) is 12.1.